The lowest BCUT2D eigenvalue weighted by atomic mass is 10.2. The number of amides is 1. The fourth-order valence-electron chi connectivity index (χ4n) is 2.60. The maximum absolute atomic E-state index is 12.4. The number of methoxy groups -OCH3 is 1. The summed E-state index contributed by atoms with van der Waals surface area (Å²) in [6.07, 6.45) is 0. The second-order valence-corrected chi connectivity index (χ2v) is 6.85. The van der Waals surface area contributed by atoms with Crippen LogP contribution in [0.4, 0.5) is 5.69 Å². The van der Waals surface area contributed by atoms with Crippen molar-refractivity contribution in [3.05, 3.63) is 45.6 Å². The summed E-state index contributed by atoms with van der Waals surface area (Å²) in [5, 5.41) is 2.93. The third-order valence-corrected chi connectivity index (χ3v) is 5.09. The number of carbonyl (C=O) groups is 1. The molecule has 1 aliphatic rings. The van der Waals surface area contributed by atoms with Crippen LogP contribution in [0.2, 0.25) is 0 Å². The van der Waals surface area contributed by atoms with Crippen molar-refractivity contribution in [2.45, 2.75) is 33.0 Å². The van der Waals surface area contributed by atoms with E-state index in [0.29, 0.717) is 17.5 Å². The van der Waals surface area contributed by atoms with Gasteiger partial charge in [-0.15, -0.1) is 11.3 Å². The van der Waals surface area contributed by atoms with Crippen molar-refractivity contribution >= 4 is 22.9 Å². The Labute approximate surface area is 134 Å². The number of anilines is 1. The van der Waals surface area contributed by atoms with Crippen molar-refractivity contribution in [2.24, 2.45) is 0 Å². The number of hydrogen-bond acceptors (Lipinski definition) is 4. The second kappa shape index (κ2) is 6.10. The summed E-state index contributed by atoms with van der Waals surface area (Å²) in [5.41, 5.74) is 1.98. The highest BCUT2D eigenvalue weighted by Gasteiger charge is 2.25. The number of nitrogens with one attached hydrogen (secondary N) is 1. The minimum atomic E-state index is -0.0694. The standard InChI is InChI=1S/C17H20N2O2S/c1-11(2)19-9-12-8-15(22-16(12)10-19)17(20)18-13-6-4-5-7-14(13)21-3/h4-8,11H,9-10H2,1-3H3,(H,18,20). The summed E-state index contributed by atoms with van der Waals surface area (Å²) >= 11 is 1.59. The maximum Gasteiger partial charge on any atom is 0.265 e. The van der Waals surface area contributed by atoms with E-state index in [0.717, 1.165) is 18.0 Å². The first-order valence-electron chi connectivity index (χ1n) is 7.38. The van der Waals surface area contributed by atoms with Crippen LogP contribution >= 0.6 is 11.3 Å². The molecule has 0 spiro atoms. The summed E-state index contributed by atoms with van der Waals surface area (Å²) < 4.78 is 5.27. The van der Waals surface area contributed by atoms with Gasteiger partial charge in [0.05, 0.1) is 17.7 Å². The first-order valence-corrected chi connectivity index (χ1v) is 8.20. The summed E-state index contributed by atoms with van der Waals surface area (Å²) in [7, 11) is 1.60. The molecule has 0 bridgehead atoms. The number of hydrogen-bond donors (Lipinski definition) is 1. The molecule has 1 aromatic heterocycles. The van der Waals surface area contributed by atoms with E-state index >= 15 is 0 Å². The molecule has 4 nitrogen and oxygen atoms in total. The topological polar surface area (TPSA) is 41.6 Å². The largest absolute Gasteiger partial charge is 0.495 e. The van der Waals surface area contributed by atoms with Crippen LogP contribution in [0.5, 0.6) is 5.75 Å². The molecule has 116 valence electrons. The predicted molar refractivity (Wildman–Crippen MR) is 89.6 cm³/mol. The molecule has 0 aliphatic carbocycles. The summed E-state index contributed by atoms with van der Waals surface area (Å²) in [4.78, 5) is 16.9. The fourth-order valence-corrected chi connectivity index (χ4v) is 3.70. The third kappa shape index (κ3) is 2.87. The minimum absolute atomic E-state index is 0.0694. The Bertz CT molecular complexity index is 670. The van der Waals surface area contributed by atoms with Crippen LogP contribution in [-0.4, -0.2) is 24.0 Å². The number of carbonyl (C=O) groups excluding carboxylic acids is 1. The van der Waals surface area contributed by atoms with Gasteiger partial charge in [0.15, 0.2) is 0 Å². The molecular weight excluding hydrogens is 296 g/mol. The molecule has 1 aromatic carbocycles. The van der Waals surface area contributed by atoms with Crippen LogP contribution in [0.1, 0.15) is 34.0 Å². The van der Waals surface area contributed by atoms with E-state index in [1.165, 1.54) is 10.4 Å². The Morgan fingerprint density at radius 3 is 2.77 bits per heavy atom. The van der Waals surface area contributed by atoms with Crippen molar-refractivity contribution in [1.82, 2.24) is 4.90 Å². The first-order chi connectivity index (χ1) is 10.6. The molecular formula is C17H20N2O2S. The van der Waals surface area contributed by atoms with E-state index in [1.54, 1.807) is 18.4 Å². The monoisotopic (exact) mass is 316 g/mol. The predicted octanol–water partition coefficient (Wildman–Crippen LogP) is 3.73. The van der Waals surface area contributed by atoms with Gasteiger partial charge in [0.1, 0.15) is 5.75 Å². The molecule has 0 fully saturated rings. The lowest BCUT2D eigenvalue weighted by Gasteiger charge is -2.19. The SMILES string of the molecule is COc1ccccc1NC(=O)c1cc2c(s1)CN(C(C)C)C2. The molecule has 1 amide bonds. The summed E-state index contributed by atoms with van der Waals surface area (Å²) in [5.74, 6) is 0.603. The number of thiophene rings is 1. The molecule has 0 saturated carbocycles. The van der Waals surface area contributed by atoms with Gasteiger partial charge >= 0.3 is 0 Å². The summed E-state index contributed by atoms with van der Waals surface area (Å²) in [6, 6.07) is 10.0. The van der Waals surface area contributed by atoms with E-state index in [2.05, 4.69) is 24.1 Å². The zero-order valence-corrected chi connectivity index (χ0v) is 13.9. The fraction of sp³-hybridized carbons (Fsp3) is 0.353. The Hall–Kier alpha value is -1.85. The molecule has 0 saturated heterocycles. The van der Waals surface area contributed by atoms with E-state index in [-0.39, 0.29) is 5.91 Å². The van der Waals surface area contributed by atoms with Crippen molar-refractivity contribution in [3.8, 4) is 5.75 Å². The molecule has 2 aromatic rings. The number of fused-ring (bicyclic) bond motifs is 1. The van der Waals surface area contributed by atoms with Gasteiger partial charge in [-0.2, -0.15) is 0 Å². The lowest BCUT2D eigenvalue weighted by molar-refractivity contribution is 0.103. The molecule has 0 atom stereocenters. The van der Waals surface area contributed by atoms with Gasteiger partial charge in [-0.3, -0.25) is 9.69 Å². The van der Waals surface area contributed by atoms with Crippen LogP contribution in [0.15, 0.2) is 30.3 Å². The Morgan fingerprint density at radius 2 is 2.09 bits per heavy atom. The average Bonchev–Trinajstić information content (AvgIpc) is 3.06. The normalized spacial score (nSPS) is 14.2. The minimum Gasteiger partial charge on any atom is -0.495 e. The lowest BCUT2D eigenvalue weighted by Crippen LogP contribution is -2.24. The van der Waals surface area contributed by atoms with Crippen molar-refractivity contribution in [1.29, 1.82) is 0 Å². The molecule has 0 unspecified atom stereocenters. The van der Waals surface area contributed by atoms with Crippen molar-refractivity contribution in [3.63, 3.8) is 0 Å². The second-order valence-electron chi connectivity index (χ2n) is 5.71. The van der Waals surface area contributed by atoms with Crippen molar-refractivity contribution < 1.29 is 9.53 Å². The van der Waals surface area contributed by atoms with Crippen LogP contribution in [-0.2, 0) is 13.1 Å². The number of para-hydroxylation sites is 2. The molecule has 3 rings (SSSR count). The van der Waals surface area contributed by atoms with E-state index in [1.807, 2.05) is 30.3 Å². The van der Waals surface area contributed by atoms with Gasteiger partial charge in [0.2, 0.25) is 0 Å². The van der Waals surface area contributed by atoms with E-state index in [4.69, 9.17) is 4.74 Å². The van der Waals surface area contributed by atoms with Gasteiger partial charge < -0.3 is 10.1 Å². The van der Waals surface area contributed by atoms with Crippen LogP contribution < -0.4 is 10.1 Å². The Balaban J connectivity index is 1.74. The van der Waals surface area contributed by atoms with Crippen LogP contribution in [0.3, 0.4) is 0 Å². The number of rotatable bonds is 4. The highest BCUT2D eigenvalue weighted by atomic mass is 32.1. The molecule has 5 heteroatoms. The zero-order chi connectivity index (χ0) is 15.7. The van der Waals surface area contributed by atoms with Crippen molar-refractivity contribution in [2.75, 3.05) is 12.4 Å². The quantitative estimate of drug-likeness (QED) is 0.934. The van der Waals surface area contributed by atoms with Gasteiger partial charge in [-0.05, 0) is 37.6 Å². The van der Waals surface area contributed by atoms with Crippen LogP contribution in [0, 0.1) is 0 Å². The molecule has 22 heavy (non-hydrogen) atoms. The van der Waals surface area contributed by atoms with Gasteiger partial charge in [0.25, 0.3) is 5.91 Å². The number of ether oxygens (including phenoxy) is 1. The number of benzene rings is 1. The first kappa shape index (κ1) is 15.1. The Morgan fingerprint density at radius 1 is 1.32 bits per heavy atom. The highest BCUT2D eigenvalue weighted by Crippen LogP contribution is 2.33. The van der Waals surface area contributed by atoms with Gasteiger partial charge in [-0.25, -0.2) is 0 Å². The molecule has 1 N–H and O–H groups in total. The van der Waals surface area contributed by atoms with E-state index < -0.39 is 0 Å². The number of nitrogens with zero attached hydrogens (tertiary/aromatic N) is 1. The maximum atomic E-state index is 12.4. The zero-order valence-electron chi connectivity index (χ0n) is 13.1. The van der Waals surface area contributed by atoms with Crippen LogP contribution in [0.25, 0.3) is 0 Å². The third-order valence-electron chi connectivity index (χ3n) is 3.93. The average molecular weight is 316 g/mol. The smallest absolute Gasteiger partial charge is 0.265 e. The molecule has 1 aliphatic heterocycles. The van der Waals surface area contributed by atoms with Gasteiger partial charge in [-0.1, -0.05) is 12.1 Å². The summed E-state index contributed by atoms with van der Waals surface area (Å²) in [6.45, 7) is 6.28. The Kier molecular flexibility index (Phi) is 4.18. The highest BCUT2D eigenvalue weighted by molar-refractivity contribution is 7.14. The molecule has 0 radical (unpaired) electrons. The molecule has 2 heterocycles. The van der Waals surface area contributed by atoms with Gasteiger partial charge in [0, 0.05) is 24.0 Å². The van der Waals surface area contributed by atoms with E-state index in [9.17, 15) is 4.79 Å².